The minimum absolute atomic E-state index is 0.926. The molecule has 0 saturated heterocycles. The predicted octanol–water partition coefficient (Wildman–Crippen LogP) is 3.59. The van der Waals surface area contributed by atoms with Gasteiger partial charge < -0.3 is 18.6 Å². The molecule has 0 aliphatic rings. The highest BCUT2D eigenvalue weighted by atomic mass is 28.4. The van der Waals surface area contributed by atoms with E-state index in [4.69, 9.17) is 13.3 Å². The molecule has 0 spiro atoms. The molecule has 20 heavy (non-hydrogen) atoms. The third-order valence-corrected chi connectivity index (χ3v) is 6.56. The summed E-state index contributed by atoms with van der Waals surface area (Å²) in [6.45, 7) is 4.58. The van der Waals surface area contributed by atoms with E-state index in [-0.39, 0.29) is 0 Å². The molecule has 4 nitrogen and oxygen atoms in total. The highest BCUT2D eigenvalue weighted by Gasteiger charge is 2.36. The van der Waals surface area contributed by atoms with Gasteiger partial charge in [-0.25, -0.2) is 0 Å². The van der Waals surface area contributed by atoms with Gasteiger partial charge in [-0.2, -0.15) is 0 Å². The van der Waals surface area contributed by atoms with Gasteiger partial charge >= 0.3 is 8.80 Å². The van der Waals surface area contributed by atoms with E-state index >= 15 is 0 Å². The van der Waals surface area contributed by atoms with Crippen molar-refractivity contribution >= 4 is 8.80 Å². The van der Waals surface area contributed by atoms with Gasteiger partial charge in [0.1, 0.15) is 0 Å². The van der Waals surface area contributed by atoms with Crippen molar-refractivity contribution in [3.63, 3.8) is 0 Å². The third-order valence-electron chi connectivity index (χ3n) is 3.73. The lowest BCUT2D eigenvalue weighted by Crippen LogP contribution is -2.42. The molecule has 0 saturated carbocycles. The minimum Gasteiger partial charge on any atom is -0.377 e. The van der Waals surface area contributed by atoms with E-state index in [0.29, 0.717) is 0 Å². The molecule has 0 heterocycles. The topological polar surface area (TPSA) is 39.7 Å². The van der Waals surface area contributed by atoms with Crippen molar-refractivity contribution in [3.8, 4) is 0 Å². The lowest BCUT2D eigenvalue weighted by atomic mass is 10.1. The van der Waals surface area contributed by atoms with E-state index in [1.54, 1.807) is 21.3 Å². The van der Waals surface area contributed by atoms with Crippen molar-refractivity contribution in [1.29, 1.82) is 0 Å². The standard InChI is InChI=1S/C15H35NO3Si/c1-5-6-13-16-14-11-9-7-8-10-12-15-20(17-2,18-3)19-4/h16H,5-15H2,1-4H3. The summed E-state index contributed by atoms with van der Waals surface area (Å²) < 4.78 is 16.2. The van der Waals surface area contributed by atoms with Crippen molar-refractivity contribution in [1.82, 2.24) is 5.32 Å². The summed E-state index contributed by atoms with van der Waals surface area (Å²) in [6, 6.07) is 0.926. The molecular weight excluding hydrogens is 270 g/mol. The van der Waals surface area contributed by atoms with Crippen LogP contribution in [-0.2, 0) is 13.3 Å². The minimum atomic E-state index is -2.32. The van der Waals surface area contributed by atoms with Gasteiger partial charge in [0, 0.05) is 27.4 Å². The Hall–Kier alpha value is 0.0569. The third kappa shape index (κ3) is 9.88. The summed E-state index contributed by atoms with van der Waals surface area (Å²) >= 11 is 0. The SMILES string of the molecule is CCCCNCCCCCCCC[Si](OC)(OC)OC. The van der Waals surface area contributed by atoms with Gasteiger partial charge in [-0.15, -0.1) is 0 Å². The van der Waals surface area contributed by atoms with Crippen molar-refractivity contribution in [2.45, 2.75) is 64.3 Å². The zero-order valence-electron chi connectivity index (χ0n) is 14.0. The van der Waals surface area contributed by atoms with Crippen LogP contribution in [0.15, 0.2) is 0 Å². The largest absolute Gasteiger partial charge is 0.500 e. The van der Waals surface area contributed by atoms with E-state index in [9.17, 15) is 0 Å². The van der Waals surface area contributed by atoms with Crippen molar-refractivity contribution < 1.29 is 13.3 Å². The molecule has 0 bridgehead atoms. The predicted molar refractivity (Wildman–Crippen MR) is 87.1 cm³/mol. The Morgan fingerprint density at radius 3 is 1.75 bits per heavy atom. The maximum Gasteiger partial charge on any atom is 0.500 e. The van der Waals surface area contributed by atoms with Gasteiger partial charge in [0.15, 0.2) is 0 Å². The monoisotopic (exact) mass is 305 g/mol. The molecule has 0 atom stereocenters. The van der Waals surface area contributed by atoms with E-state index in [0.717, 1.165) is 12.5 Å². The number of rotatable bonds is 15. The molecule has 0 aromatic carbocycles. The second-order valence-electron chi connectivity index (χ2n) is 5.27. The highest BCUT2D eigenvalue weighted by Crippen LogP contribution is 2.18. The lowest BCUT2D eigenvalue weighted by molar-refractivity contribution is 0.122. The van der Waals surface area contributed by atoms with Crippen LogP contribution in [0.1, 0.15) is 58.3 Å². The van der Waals surface area contributed by atoms with Crippen LogP contribution in [0.3, 0.4) is 0 Å². The second kappa shape index (κ2) is 14.0. The summed E-state index contributed by atoms with van der Waals surface area (Å²) in [5.74, 6) is 0. The number of hydrogen-bond acceptors (Lipinski definition) is 4. The number of hydrogen-bond donors (Lipinski definition) is 1. The zero-order chi connectivity index (χ0) is 15.1. The molecule has 0 aliphatic carbocycles. The van der Waals surface area contributed by atoms with Crippen LogP contribution in [-0.4, -0.2) is 43.2 Å². The fraction of sp³-hybridized carbons (Fsp3) is 1.00. The van der Waals surface area contributed by atoms with Crippen molar-refractivity contribution in [2.75, 3.05) is 34.4 Å². The smallest absolute Gasteiger partial charge is 0.377 e. The van der Waals surface area contributed by atoms with Crippen LogP contribution in [0, 0.1) is 0 Å². The van der Waals surface area contributed by atoms with E-state index in [1.807, 2.05) is 0 Å². The average molecular weight is 306 g/mol. The summed E-state index contributed by atoms with van der Waals surface area (Å²) in [5.41, 5.74) is 0. The summed E-state index contributed by atoms with van der Waals surface area (Å²) in [5, 5.41) is 3.49. The summed E-state index contributed by atoms with van der Waals surface area (Å²) in [7, 11) is 2.73. The summed E-state index contributed by atoms with van der Waals surface area (Å²) in [6.07, 6.45) is 10.2. The molecule has 0 fully saturated rings. The molecule has 122 valence electrons. The average Bonchev–Trinajstić information content (AvgIpc) is 2.49. The molecule has 0 aliphatic heterocycles. The van der Waals surface area contributed by atoms with Gasteiger partial charge in [-0.3, -0.25) is 0 Å². The normalized spacial score (nSPS) is 12.0. The van der Waals surface area contributed by atoms with Crippen LogP contribution < -0.4 is 5.32 Å². The molecule has 1 N–H and O–H groups in total. The van der Waals surface area contributed by atoms with Crippen LogP contribution in [0.4, 0.5) is 0 Å². The first kappa shape index (κ1) is 20.1. The lowest BCUT2D eigenvalue weighted by Gasteiger charge is -2.24. The maximum absolute atomic E-state index is 5.41. The van der Waals surface area contributed by atoms with E-state index in [1.165, 1.54) is 58.0 Å². The Kier molecular flexibility index (Phi) is 14.1. The van der Waals surface area contributed by atoms with Crippen LogP contribution in [0.25, 0.3) is 0 Å². The fourth-order valence-corrected chi connectivity index (χ4v) is 4.08. The summed E-state index contributed by atoms with van der Waals surface area (Å²) in [4.78, 5) is 0. The Bertz CT molecular complexity index is 193. The van der Waals surface area contributed by atoms with Crippen LogP contribution in [0.2, 0.25) is 6.04 Å². The van der Waals surface area contributed by atoms with Crippen molar-refractivity contribution in [3.05, 3.63) is 0 Å². The second-order valence-corrected chi connectivity index (χ2v) is 8.36. The quantitative estimate of drug-likeness (QED) is 0.371. The Balaban J connectivity index is 3.32. The Morgan fingerprint density at radius 1 is 0.700 bits per heavy atom. The molecular formula is C15H35NO3Si. The first-order chi connectivity index (χ1) is 9.74. The molecule has 0 radical (unpaired) electrons. The van der Waals surface area contributed by atoms with Crippen LogP contribution in [0.5, 0.6) is 0 Å². The number of unbranched alkanes of at least 4 members (excludes halogenated alkanes) is 6. The van der Waals surface area contributed by atoms with Gasteiger partial charge in [0.25, 0.3) is 0 Å². The first-order valence-electron chi connectivity index (χ1n) is 8.10. The van der Waals surface area contributed by atoms with E-state index in [2.05, 4.69) is 12.2 Å². The molecule has 5 heteroatoms. The maximum atomic E-state index is 5.41. The molecule has 0 aromatic heterocycles. The Labute approximate surface area is 126 Å². The fourth-order valence-electron chi connectivity index (χ4n) is 2.28. The first-order valence-corrected chi connectivity index (χ1v) is 10.0. The van der Waals surface area contributed by atoms with Crippen LogP contribution >= 0.6 is 0 Å². The van der Waals surface area contributed by atoms with E-state index < -0.39 is 8.80 Å². The van der Waals surface area contributed by atoms with Gasteiger partial charge in [0.05, 0.1) is 0 Å². The Morgan fingerprint density at radius 2 is 1.20 bits per heavy atom. The molecule has 0 unspecified atom stereocenters. The molecule has 0 aromatic rings. The van der Waals surface area contributed by atoms with Gasteiger partial charge in [-0.05, 0) is 32.4 Å². The zero-order valence-corrected chi connectivity index (χ0v) is 15.0. The van der Waals surface area contributed by atoms with Gasteiger partial charge in [-0.1, -0.05) is 39.0 Å². The van der Waals surface area contributed by atoms with Crippen molar-refractivity contribution in [2.24, 2.45) is 0 Å². The highest BCUT2D eigenvalue weighted by molar-refractivity contribution is 6.60. The van der Waals surface area contributed by atoms with Gasteiger partial charge in [0.2, 0.25) is 0 Å². The molecule has 0 amide bonds. The molecule has 0 rings (SSSR count). The number of nitrogens with one attached hydrogen (secondary N) is 1.